The van der Waals surface area contributed by atoms with Crippen LogP contribution in [0.25, 0.3) is 0 Å². The summed E-state index contributed by atoms with van der Waals surface area (Å²) in [5.41, 5.74) is -0.446. The number of carbonyl (C=O) groups excluding carboxylic acids is 1. The van der Waals surface area contributed by atoms with Gasteiger partial charge in [0.2, 0.25) is 5.91 Å². The number of hydrogen-bond donors (Lipinski definition) is 2. The number of carbonyl (C=O) groups is 2. The quantitative estimate of drug-likeness (QED) is 0.787. The predicted octanol–water partition coefficient (Wildman–Crippen LogP) is 1.23. The molecule has 0 radical (unpaired) electrons. The van der Waals surface area contributed by atoms with Gasteiger partial charge in [-0.15, -0.1) is 0 Å². The van der Waals surface area contributed by atoms with Gasteiger partial charge in [0, 0.05) is 13.5 Å². The van der Waals surface area contributed by atoms with Crippen molar-refractivity contribution in [3.8, 4) is 0 Å². The van der Waals surface area contributed by atoms with Gasteiger partial charge in [-0.1, -0.05) is 19.3 Å². The smallest absolute Gasteiger partial charge is 0.305 e. The normalized spacial score (nSPS) is 22.6. The van der Waals surface area contributed by atoms with Gasteiger partial charge < -0.3 is 15.3 Å². The van der Waals surface area contributed by atoms with E-state index in [0.29, 0.717) is 12.3 Å². The number of aliphatic carboxylic acids is 1. The molecule has 2 rings (SSSR count). The molecule has 1 aliphatic heterocycles. The highest BCUT2D eigenvalue weighted by molar-refractivity contribution is 5.78. The van der Waals surface area contributed by atoms with Crippen LogP contribution in [0.4, 0.5) is 0 Å². The van der Waals surface area contributed by atoms with Crippen molar-refractivity contribution < 1.29 is 14.7 Å². The highest BCUT2D eigenvalue weighted by atomic mass is 16.4. The molecule has 0 bridgehead atoms. The van der Waals surface area contributed by atoms with Crippen molar-refractivity contribution in [2.45, 2.75) is 50.5 Å². The molecule has 2 aliphatic rings. The van der Waals surface area contributed by atoms with E-state index in [1.54, 1.807) is 11.9 Å². The lowest BCUT2D eigenvalue weighted by Crippen LogP contribution is -2.54. The van der Waals surface area contributed by atoms with Crippen LogP contribution < -0.4 is 5.32 Å². The fraction of sp³-hybridized carbons (Fsp3) is 0.857. The number of amides is 1. The molecule has 0 spiro atoms. The van der Waals surface area contributed by atoms with Crippen LogP contribution in [-0.4, -0.2) is 47.6 Å². The van der Waals surface area contributed by atoms with E-state index in [1.807, 2.05) is 0 Å². The van der Waals surface area contributed by atoms with Crippen LogP contribution in [-0.2, 0) is 9.59 Å². The fourth-order valence-corrected chi connectivity index (χ4v) is 3.26. The van der Waals surface area contributed by atoms with Crippen molar-refractivity contribution in [2.24, 2.45) is 5.92 Å². The first-order chi connectivity index (χ1) is 9.03. The van der Waals surface area contributed by atoms with E-state index < -0.39 is 11.5 Å². The molecule has 0 aromatic heterocycles. The summed E-state index contributed by atoms with van der Waals surface area (Å²) >= 11 is 0. The number of nitrogens with one attached hydrogen (secondary N) is 1. The Bertz CT molecular complexity index is 347. The maximum absolute atomic E-state index is 12.3. The molecule has 1 heterocycles. The van der Waals surface area contributed by atoms with Gasteiger partial charge in [0.05, 0.1) is 12.0 Å². The molecule has 0 unspecified atom stereocenters. The third-order valence-corrected chi connectivity index (χ3v) is 4.68. The molecule has 0 atom stereocenters. The summed E-state index contributed by atoms with van der Waals surface area (Å²) in [6, 6.07) is 0. The van der Waals surface area contributed by atoms with Crippen LogP contribution >= 0.6 is 0 Å². The second-order valence-corrected chi connectivity index (χ2v) is 6.04. The average Bonchev–Trinajstić information content (AvgIpc) is 2.33. The van der Waals surface area contributed by atoms with Gasteiger partial charge in [0.25, 0.3) is 0 Å². The number of hydrogen-bond acceptors (Lipinski definition) is 3. The first kappa shape index (κ1) is 14.3. The molecule has 1 saturated heterocycles. The first-order valence-electron chi connectivity index (χ1n) is 7.23. The van der Waals surface area contributed by atoms with Crippen LogP contribution in [0.2, 0.25) is 0 Å². The Morgan fingerprint density at radius 3 is 2.37 bits per heavy atom. The molecular formula is C14H24N2O3. The lowest BCUT2D eigenvalue weighted by Gasteiger charge is -2.44. The molecule has 0 aromatic rings. The Kier molecular flexibility index (Phi) is 4.45. The minimum Gasteiger partial charge on any atom is -0.481 e. The largest absolute Gasteiger partial charge is 0.481 e. The van der Waals surface area contributed by atoms with E-state index >= 15 is 0 Å². The van der Waals surface area contributed by atoms with E-state index in [9.17, 15) is 9.59 Å². The van der Waals surface area contributed by atoms with E-state index in [-0.39, 0.29) is 12.3 Å². The van der Waals surface area contributed by atoms with E-state index in [2.05, 4.69) is 5.32 Å². The highest BCUT2D eigenvalue weighted by Gasteiger charge is 2.40. The molecule has 1 amide bonds. The highest BCUT2D eigenvalue weighted by Crippen LogP contribution is 2.36. The summed E-state index contributed by atoms with van der Waals surface area (Å²) in [6.07, 6.45) is 5.47. The molecule has 108 valence electrons. The zero-order valence-electron chi connectivity index (χ0n) is 11.7. The van der Waals surface area contributed by atoms with E-state index in [1.165, 1.54) is 0 Å². The third-order valence-electron chi connectivity index (χ3n) is 4.68. The third kappa shape index (κ3) is 3.26. The molecular weight excluding hydrogens is 244 g/mol. The van der Waals surface area contributed by atoms with E-state index in [4.69, 9.17) is 5.11 Å². The maximum Gasteiger partial charge on any atom is 0.305 e. The Balaban J connectivity index is 2.02. The Hall–Kier alpha value is -1.10. The summed E-state index contributed by atoms with van der Waals surface area (Å²) in [5.74, 6) is -0.262. The van der Waals surface area contributed by atoms with Crippen LogP contribution in [0, 0.1) is 5.92 Å². The standard InChI is InChI=1S/C14H24N2O3/c1-16(12(17)7-11-9-15-10-11)14(8-13(18)19)5-3-2-4-6-14/h11,15H,2-10H2,1H3,(H,18,19). The molecule has 1 saturated carbocycles. The number of carboxylic acid groups (broad SMARTS) is 1. The molecule has 1 aliphatic carbocycles. The van der Waals surface area contributed by atoms with Gasteiger partial charge in [-0.2, -0.15) is 0 Å². The maximum atomic E-state index is 12.3. The molecule has 2 fully saturated rings. The summed E-state index contributed by atoms with van der Waals surface area (Å²) in [7, 11) is 1.79. The SMILES string of the molecule is CN(C(=O)CC1CNC1)C1(CC(=O)O)CCCCC1. The Labute approximate surface area is 114 Å². The molecule has 5 nitrogen and oxygen atoms in total. The van der Waals surface area contributed by atoms with Gasteiger partial charge >= 0.3 is 5.97 Å². The lowest BCUT2D eigenvalue weighted by atomic mass is 9.77. The second kappa shape index (κ2) is 5.90. The van der Waals surface area contributed by atoms with Gasteiger partial charge in [0.15, 0.2) is 0 Å². The second-order valence-electron chi connectivity index (χ2n) is 6.04. The van der Waals surface area contributed by atoms with Gasteiger partial charge in [-0.3, -0.25) is 9.59 Å². The van der Waals surface area contributed by atoms with Crippen molar-refractivity contribution in [3.63, 3.8) is 0 Å². The van der Waals surface area contributed by atoms with Crippen molar-refractivity contribution >= 4 is 11.9 Å². The number of rotatable bonds is 5. The minimum atomic E-state index is -0.799. The summed E-state index contributed by atoms with van der Waals surface area (Å²) < 4.78 is 0. The summed E-state index contributed by atoms with van der Waals surface area (Å²) in [6.45, 7) is 1.82. The van der Waals surface area contributed by atoms with Crippen LogP contribution in [0.1, 0.15) is 44.9 Å². The number of nitrogens with zero attached hydrogens (tertiary/aromatic N) is 1. The Morgan fingerprint density at radius 1 is 1.26 bits per heavy atom. The molecule has 19 heavy (non-hydrogen) atoms. The van der Waals surface area contributed by atoms with Gasteiger partial charge in [-0.05, 0) is 31.8 Å². The molecule has 2 N–H and O–H groups in total. The summed E-state index contributed by atoms with van der Waals surface area (Å²) in [5, 5.41) is 12.3. The van der Waals surface area contributed by atoms with Crippen LogP contribution in [0.5, 0.6) is 0 Å². The average molecular weight is 268 g/mol. The predicted molar refractivity (Wildman–Crippen MR) is 71.8 cm³/mol. The molecule has 5 heteroatoms. The Morgan fingerprint density at radius 2 is 1.89 bits per heavy atom. The molecule has 0 aromatic carbocycles. The minimum absolute atomic E-state index is 0.0815. The van der Waals surface area contributed by atoms with Gasteiger partial charge in [0.1, 0.15) is 0 Å². The van der Waals surface area contributed by atoms with Crippen LogP contribution in [0.3, 0.4) is 0 Å². The van der Waals surface area contributed by atoms with Crippen molar-refractivity contribution in [3.05, 3.63) is 0 Å². The monoisotopic (exact) mass is 268 g/mol. The van der Waals surface area contributed by atoms with Crippen molar-refractivity contribution in [1.29, 1.82) is 0 Å². The lowest BCUT2D eigenvalue weighted by molar-refractivity contribution is -0.146. The van der Waals surface area contributed by atoms with Gasteiger partial charge in [-0.25, -0.2) is 0 Å². The zero-order chi connectivity index (χ0) is 13.9. The zero-order valence-corrected chi connectivity index (χ0v) is 11.7. The van der Waals surface area contributed by atoms with Crippen molar-refractivity contribution in [2.75, 3.05) is 20.1 Å². The number of carboxylic acids is 1. The topological polar surface area (TPSA) is 69.6 Å². The fourth-order valence-electron chi connectivity index (χ4n) is 3.26. The van der Waals surface area contributed by atoms with Crippen molar-refractivity contribution in [1.82, 2.24) is 10.2 Å². The summed E-state index contributed by atoms with van der Waals surface area (Å²) in [4.78, 5) is 25.2. The van der Waals surface area contributed by atoms with E-state index in [0.717, 1.165) is 45.2 Å². The first-order valence-corrected chi connectivity index (χ1v) is 7.23. The van der Waals surface area contributed by atoms with Crippen LogP contribution in [0.15, 0.2) is 0 Å².